The molecule has 0 saturated heterocycles. The monoisotopic (exact) mass is 445 g/mol. The highest BCUT2D eigenvalue weighted by atomic mass is 32.2. The van der Waals surface area contributed by atoms with Gasteiger partial charge in [-0.1, -0.05) is 17.7 Å². The summed E-state index contributed by atoms with van der Waals surface area (Å²) in [4.78, 5) is 16.8. The summed E-state index contributed by atoms with van der Waals surface area (Å²) in [5.41, 5.74) is 2.52. The van der Waals surface area contributed by atoms with Gasteiger partial charge in [-0.2, -0.15) is 0 Å². The van der Waals surface area contributed by atoms with E-state index >= 15 is 0 Å². The predicted octanol–water partition coefficient (Wildman–Crippen LogP) is 2.69. The first-order valence-corrected chi connectivity index (χ1v) is 11.4. The van der Waals surface area contributed by atoms with Crippen LogP contribution in [0, 0.1) is 6.92 Å². The molecule has 0 fully saturated rings. The molecule has 1 aromatic heterocycles. The van der Waals surface area contributed by atoms with Crippen LogP contribution >= 0.6 is 0 Å². The van der Waals surface area contributed by atoms with Crippen molar-refractivity contribution in [3.63, 3.8) is 0 Å². The summed E-state index contributed by atoms with van der Waals surface area (Å²) in [5.74, 6) is 1.08. The van der Waals surface area contributed by atoms with Crippen LogP contribution in [0.5, 0.6) is 5.75 Å². The average Bonchev–Trinajstić information content (AvgIpc) is 3.06. The Labute approximate surface area is 182 Å². The van der Waals surface area contributed by atoms with Crippen molar-refractivity contribution in [1.29, 1.82) is 0 Å². The third-order valence-corrected chi connectivity index (χ3v) is 6.72. The zero-order valence-electron chi connectivity index (χ0n) is 18.2. The number of fused-ring (bicyclic) bond motifs is 1. The van der Waals surface area contributed by atoms with Gasteiger partial charge in [-0.05, 0) is 37.3 Å². The average molecular weight is 446 g/mol. The zero-order valence-corrected chi connectivity index (χ0v) is 19.0. The number of hydrogen-bond acceptors (Lipinski definition) is 6. The van der Waals surface area contributed by atoms with Gasteiger partial charge >= 0.3 is 5.97 Å². The van der Waals surface area contributed by atoms with Crippen molar-refractivity contribution in [1.82, 2.24) is 13.9 Å². The molecule has 0 bridgehead atoms. The topological polar surface area (TPSA) is 90.7 Å². The largest absolute Gasteiger partial charge is 0.490 e. The lowest BCUT2D eigenvalue weighted by Gasteiger charge is -2.10. The fourth-order valence-corrected chi connectivity index (χ4v) is 3.98. The van der Waals surface area contributed by atoms with Crippen molar-refractivity contribution in [2.24, 2.45) is 7.05 Å². The van der Waals surface area contributed by atoms with Gasteiger partial charge in [0.1, 0.15) is 24.8 Å². The van der Waals surface area contributed by atoms with Gasteiger partial charge < -0.3 is 14.0 Å². The summed E-state index contributed by atoms with van der Waals surface area (Å²) in [6, 6.07) is 12.5. The third kappa shape index (κ3) is 5.42. The van der Waals surface area contributed by atoms with E-state index in [9.17, 15) is 13.2 Å². The van der Waals surface area contributed by atoms with E-state index in [2.05, 4.69) is 4.98 Å². The highest BCUT2D eigenvalue weighted by Gasteiger charge is 2.19. The third-order valence-electron chi connectivity index (χ3n) is 4.91. The smallest absolute Gasteiger partial charge is 0.306 e. The lowest BCUT2D eigenvalue weighted by Crippen LogP contribution is -2.22. The molecule has 0 unspecified atom stereocenters. The fraction of sp³-hybridized carbons (Fsp3) is 0.364. The molecule has 0 amide bonds. The van der Waals surface area contributed by atoms with Crippen LogP contribution in [0.25, 0.3) is 11.0 Å². The van der Waals surface area contributed by atoms with Crippen molar-refractivity contribution in [2.75, 3.05) is 27.3 Å². The lowest BCUT2D eigenvalue weighted by atomic mass is 10.2. The van der Waals surface area contributed by atoms with Gasteiger partial charge in [0.25, 0.3) is 0 Å². The Morgan fingerprint density at radius 2 is 1.81 bits per heavy atom. The Hall–Kier alpha value is -2.91. The number of rotatable bonds is 9. The number of ether oxygens (including phenoxy) is 2. The van der Waals surface area contributed by atoms with Crippen LogP contribution in [0.4, 0.5) is 0 Å². The summed E-state index contributed by atoms with van der Waals surface area (Å²) < 4.78 is 38.5. The van der Waals surface area contributed by atoms with Crippen molar-refractivity contribution < 1.29 is 22.7 Å². The van der Waals surface area contributed by atoms with Crippen molar-refractivity contribution in [2.45, 2.75) is 24.7 Å². The Morgan fingerprint density at radius 3 is 2.48 bits per heavy atom. The molecule has 3 aromatic rings. The molecule has 9 heteroatoms. The van der Waals surface area contributed by atoms with Crippen LogP contribution in [0.3, 0.4) is 0 Å². The molecule has 0 aliphatic rings. The SMILES string of the molecule is Cc1ccc(OCCOC(=O)CCc2nc3cc(S(=O)(=O)N(C)C)ccc3n2C)cc1. The summed E-state index contributed by atoms with van der Waals surface area (Å²) in [6.45, 7) is 2.45. The minimum absolute atomic E-state index is 0.168. The molecule has 31 heavy (non-hydrogen) atoms. The maximum atomic E-state index is 12.3. The summed E-state index contributed by atoms with van der Waals surface area (Å²) in [6.07, 6.45) is 0.559. The van der Waals surface area contributed by atoms with Gasteiger partial charge in [-0.3, -0.25) is 4.79 Å². The molecule has 0 aliphatic heterocycles. The maximum absolute atomic E-state index is 12.3. The first-order valence-electron chi connectivity index (χ1n) is 9.91. The van der Waals surface area contributed by atoms with E-state index in [0.29, 0.717) is 17.8 Å². The van der Waals surface area contributed by atoms with E-state index in [1.807, 2.05) is 42.8 Å². The summed E-state index contributed by atoms with van der Waals surface area (Å²) in [5, 5.41) is 0. The van der Waals surface area contributed by atoms with Crippen molar-refractivity contribution >= 4 is 27.0 Å². The molecule has 166 valence electrons. The van der Waals surface area contributed by atoms with Gasteiger partial charge in [0.15, 0.2) is 0 Å². The van der Waals surface area contributed by atoms with Crippen LogP contribution < -0.4 is 4.74 Å². The van der Waals surface area contributed by atoms with E-state index in [1.165, 1.54) is 14.1 Å². The van der Waals surface area contributed by atoms with Crippen molar-refractivity contribution in [3.05, 3.63) is 53.9 Å². The number of carbonyl (C=O) groups is 1. The molecule has 1 heterocycles. The number of nitrogens with zero attached hydrogens (tertiary/aromatic N) is 3. The van der Waals surface area contributed by atoms with Crippen molar-refractivity contribution in [3.8, 4) is 5.75 Å². The van der Waals surface area contributed by atoms with Crippen LogP contribution in [-0.4, -0.2) is 55.6 Å². The number of aromatic nitrogens is 2. The zero-order chi connectivity index (χ0) is 22.6. The Morgan fingerprint density at radius 1 is 1.10 bits per heavy atom. The molecule has 0 radical (unpaired) electrons. The maximum Gasteiger partial charge on any atom is 0.306 e. The molecule has 0 N–H and O–H groups in total. The quantitative estimate of drug-likeness (QED) is 0.372. The van der Waals surface area contributed by atoms with Crippen LogP contribution in [0.15, 0.2) is 47.4 Å². The van der Waals surface area contributed by atoms with E-state index in [0.717, 1.165) is 21.1 Å². The molecule has 0 atom stereocenters. The number of esters is 1. The first kappa shape index (κ1) is 22.8. The molecule has 8 nitrogen and oxygen atoms in total. The van der Waals surface area contributed by atoms with Gasteiger partial charge in [-0.15, -0.1) is 0 Å². The molecule has 0 spiro atoms. The Balaban J connectivity index is 1.54. The van der Waals surface area contributed by atoms with E-state index < -0.39 is 10.0 Å². The summed E-state index contributed by atoms with van der Waals surface area (Å²) in [7, 11) is 1.28. The Bertz CT molecular complexity index is 1170. The second-order valence-electron chi connectivity index (χ2n) is 7.41. The van der Waals surface area contributed by atoms with Gasteiger partial charge in [0, 0.05) is 27.6 Å². The summed E-state index contributed by atoms with van der Waals surface area (Å²) >= 11 is 0. The van der Waals surface area contributed by atoms with Gasteiger partial charge in [0.2, 0.25) is 10.0 Å². The second kappa shape index (κ2) is 9.49. The van der Waals surface area contributed by atoms with E-state index in [1.54, 1.807) is 18.2 Å². The minimum atomic E-state index is -3.53. The second-order valence-corrected chi connectivity index (χ2v) is 9.56. The van der Waals surface area contributed by atoms with E-state index in [-0.39, 0.29) is 30.5 Å². The number of aryl methyl sites for hydroxylation is 3. The molecule has 2 aromatic carbocycles. The highest BCUT2D eigenvalue weighted by molar-refractivity contribution is 7.89. The molecular weight excluding hydrogens is 418 g/mol. The number of carbonyl (C=O) groups excluding carboxylic acids is 1. The number of hydrogen-bond donors (Lipinski definition) is 0. The van der Waals surface area contributed by atoms with E-state index in [4.69, 9.17) is 9.47 Å². The van der Waals surface area contributed by atoms with Crippen LogP contribution in [0.1, 0.15) is 17.8 Å². The molecule has 0 saturated carbocycles. The van der Waals surface area contributed by atoms with Gasteiger partial charge in [-0.25, -0.2) is 17.7 Å². The number of benzene rings is 2. The normalized spacial score (nSPS) is 11.8. The number of imidazole rings is 1. The standard InChI is InChI=1S/C22H27N3O5S/c1-16-5-7-17(8-6-16)29-13-14-30-22(26)12-11-21-23-19-15-18(31(27,28)24(2)3)9-10-20(19)25(21)4/h5-10,15H,11-14H2,1-4H3. The molecule has 0 aliphatic carbocycles. The lowest BCUT2D eigenvalue weighted by molar-refractivity contribution is -0.144. The minimum Gasteiger partial charge on any atom is -0.490 e. The molecular formula is C22H27N3O5S. The molecule has 3 rings (SSSR count). The first-order chi connectivity index (χ1) is 14.7. The fourth-order valence-electron chi connectivity index (χ4n) is 3.06. The Kier molecular flexibility index (Phi) is 6.97. The highest BCUT2D eigenvalue weighted by Crippen LogP contribution is 2.22. The van der Waals surface area contributed by atoms with Gasteiger partial charge in [0.05, 0.1) is 22.3 Å². The number of sulfonamides is 1. The van der Waals surface area contributed by atoms with Crippen LogP contribution in [0.2, 0.25) is 0 Å². The predicted molar refractivity (Wildman–Crippen MR) is 118 cm³/mol. The van der Waals surface area contributed by atoms with Crippen LogP contribution in [-0.2, 0) is 33.0 Å².